The van der Waals surface area contributed by atoms with E-state index in [9.17, 15) is 4.79 Å². The SMILES string of the molecule is CC(=O)SCc1c[n+](C)ccn1. The Labute approximate surface area is 75.8 Å². The molecule has 3 nitrogen and oxygen atoms in total. The largest absolute Gasteiger partial charge is 0.288 e. The van der Waals surface area contributed by atoms with Gasteiger partial charge in [-0.3, -0.25) is 4.79 Å². The summed E-state index contributed by atoms with van der Waals surface area (Å²) in [7, 11) is 1.93. The molecular formula is C8H11N2OS+. The second kappa shape index (κ2) is 4.21. The highest BCUT2D eigenvalue weighted by molar-refractivity contribution is 8.12. The second-order valence-corrected chi connectivity index (χ2v) is 3.65. The zero-order chi connectivity index (χ0) is 8.97. The molecule has 0 radical (unpaired) electrons. The standard InChI is InChI=1S/C8H11N2OS/c1-7(11)12-6-8-5-10(2)4-3-9-8/h3-5H,6H2,1-2H3/q+1. The van der Waals surface area contributed by atoms with Crippen LogP contribution in [0.3, 0.4) is 0 Å². The molecule has 1 aromatic heterocycles. The Kier molecular flexibility index (Phi) is 3.22. The number of thioether (sulfide) groups is 1. The van der Waals surface area contributed by atoms with Gasteiger partial charge in [0.1, 0.15) is 12.7 Å². The van der Waals surface area contributed by atoms with E-state index in [0.29, 0.717) is 5.75 Å². The summed E-state index contributed by atoms with van der Waals surface area (Å²) < 4.78 is 1.92. The average molecular weight is 183 g/mol. The van der Waals surface area contributed by atoms with Gasteiger partial charge in [-0.05, 0) is 0 Å². The summed E-state index contributed by atoms with van der Waals surface area (Å²) in [6.07, 6.45) is 5.51. The van der Waals surface area contributed by atoms with Crippen molar-refractivity contribution >= 4 is 16.9 Å². The first-order chi connectivity index (χ1) is 5.68. The molecule has 0 amide bonds. The third-order valence-corrected chi connectivity index (χ3v) is 2.16. The third kappa shape index (κ3) is 3.00. The summed E-state index contributed by atoms with van der Waals surface area (Å²) >= 11 is 1.28. The van der Waals surface area contributed by atoms with Crippen molar-refractivity contribution in [2.24, 2.45) is 7.05 Å². The third-order valence-electron chi connectivity index (χ3n) is 1.32. The maximum Gasteiger partial charge on any atom is 0.191 e. The number of hydrogen-bond acceptors (Lipinski definition) is 3. The van der Waals surface area contributed by atoms with Crippen LogP contribution in [0.15, 0.2) is 18.6 Å². The Morgan fingerprint density at radius 2 is 2.50 bits per heavy atom. The Balaban J connectivity index is 2.57. The minimum absolute atomic E-state index is 0.128. The van der Waals surface area contributed by atoms with Gasteiger partial charge in [0.2, 0.25) is 0 Å². The van der Waals surface area contributed by atoms with Crippen LogP contribution in [0.2, 0.25) is 0 Å². The molecule has 0 aliphatic heterocycles. The topological polar surface area (TPSA) is 33.8 Å². The van der Waals surface area contributed by atoms with Gasteiger partial charge in [-0.15, -0.1) is 0 Å². The quantitative estimate of drug-likeness (QED) is 0.632. The molecule has 0 saturated heterocycles. The lowest BCUT2D eigenvalue weighted by Gasteiger charge is -1.94. The van der Waals surface area contributed by atoms with E-state index in [1.165, 1.54) is 11.8 Å². The summed E-state index contributed by atoms with van der Waals surface area (Å²) in [6.45, 7) is 1.56. The van der Waals surface area contributed by atoms with Crippen LogP contribution < -0.4 is 4.57 Å². The molecule has 4 heteroatoms. The normalized spacial score (nSPS) is 9.83. The monoisotopic (exact) mass is 183 g/mol. The molecule has 12 heavy (non-hydrogen) atoms. The van der Waals surface area contributed by atoms with Gasteiger partial charge < -0.3 is 0 Å². The Hall–Kier alpha value is -0.900. The van der Waals surface area contributed by atoms with E-state index in [2.05, 4.69) is 4.98 Å². The lowest BCUT2D eigenvalue weighted by molar-refractivity contribution is -0.672. The zero-order valence-electron chi connectivity index (χ0n) is 7.15. The van der Waals surface area contributed by atoms with E-state index in [1.807, 2.05) is 24.0 Å². The fraction of sp³-hybridized carbons (Fsp3) is 0.375. The molecule has 0 saturated carbocycles. The molecule has 0 aromatic carbocycles. The summed E-state index contributed by atoms with van der Waals surface area (Å²) in [5.41, 5.74) is 0.931. The van der Waals surface area contributed by atoms with Crippen molar-refractivity contribution in [1.82, 2.24) is 4.98 Å². The molecule has 1 heterocycles. The van der Waals surface area contributed by atoms with Crippen molar-refractivity contribution in [2.45, 2.75) is 12.7 Å². The number of nitrogens with zero attached hydrogens (tertiary/aromatic N) is 2. The maximum atomic E-state index is 10.6. The molecule has 64 valence electrons. The molecule has 0 spiro atoms. The minimum atomic E-state index is 0.128. The molecule has 0 atom stereocenters. The Morgan fingerprint density at radius 1 is 1.75 bits per heavy atom. The molecule has 1 rings (SSSR count). The molecule has 1 aromatic rings. The molecule has 0 bridgehead atoms. The fourth-order valence-corrected chi connectivity index (χ4v) is 1.30. The van der Waals surface area contributed by atoms with Crippen LogP contribution in [0.5, 0.6) is 0 Å². The van der Waals surface area contributed by atoms with Gasteiger partial charge >= 0.3 is 0 Å². The average Bonchev–Trinajstić information content (AvgIpc) is 2.01. The van der Waals surface area contributed by atoms with E-state index in [4.69, 9.17) is 0 Å². The van der Waals surface area contributed by atoms with Gasteiger partial charge in [-0.2, -0.15) is 0 Å². The highest BCUT2D eigenvalue weighted by atomic mass is 32.2. The van der Waals surface area contributed by atoms with Crippen LogP contribution in [0.4, 0.5) is 0 Å². The van der Waals surface area contributed by atoms with Crippen LogP contribution in [0, 0.1) is 0 Å². The first kappa shape index (κ1) is 9.19. The second-order valence-electron chi connectivity index (χ2n) is 2.49. The molecule has 0 N–H and O–H groups in total. The van der Waals surface area contributed by atoms with E-state index >= 15 is 0 Å². The molecule has 0 aliphatic rings. The molecule has 0 unspecified atom stereocenters. The van der Waals surface area contributed by atoms with Gasteiger partial charge in [0.15, 0.2) is 17.5 Å². The van der Waals surface area contributed by atoms with Crippen molar-refractivity contribution in [1.29, 1.82) is 0 Å². The van der Waals surface area contributed by atoms with Crippen LogP contribution >= 0.6 is 11.8 Å². The highest BCUT2D eigenvalue weighted by Crippen LogP contribution is 2.07. The molecular weight excluding hydrogens is 172 g/mol. The molecule has 0 fully saturated rings. The lowest BCUT2D eigenvalue weighted by Crippen LogP contribution is -2.27. The number of carbonyl (C=O) groups excluding carboxylic acids is 1. The zero-order valence-corrected chi connectivity index (χ0v) is 7.97. The van der Waals surface area contributed by atoms with Gasteiger partial charge in [0.05, 0.1) is 6.20 Å². The Morgan fingerprint density at radius 3 is 3.08 bits per heavy atom. The maximum absolute atomic E-state index is 10.6. The van der Waals surface area contributed by atoms with Crippen LogP contribution in [0.1, 0.15) is 12.6 Å². The molecule has 0 aliphatic carbocycles. The highest BCUT2D eigenvalue weighted by Gasteiger charge is 2.01. The summed E-state index contributed by atoms with van der Waals surface area (Å²) in [6, 6.07) is 0. The first-order valence-electron chi connectivity index (χ1n) is 3.62. The van der Waals surface area contributed by atoms with Crippen molar-refractivity contribution in [2.75, 3.05) is 0 Å². The lowest BCUT2D eigenvalue weighted by atomic mass is 10.5. The fourth-order valence-electron chi connectivity index (χ4n) is 0.796. The summed E-state index contributed by atoms with van der Waals surface area (Å²) in [5, 5.41) is 0.128. The van der Waals surface area contributed by atoms with Gasteiger partial charge in [0.25, 0.3) is 0 Å². The predicted molar refractivity (Wildman–Crippen MR) is 47.4 cm³/mol. The predicted octanol–water partition coefficient (Wildman–Crippen LogP) is 0.686. The summed E-state index contributed by atoms with van der Waals surface area (Å²) in [5.74, 6) is 0.657. The minimum Gasteiger partial charge on any atom is -0.288 e. The van der Waals surface area contributed by atoms with E-state index in [0.717, 1.165) is 5.69 Å². The summed E-state index contributed by atoms with van der Waals surface area (Å²) in [4.78, 5) is 14.7. The number of rotatable bonds is 2. The van der Waals surface area contributed by atoms with Crippen LogP contribution in [-0.2, 0) is 17.6 Å². The van der Waals surface area contributed by atoms with Crippen molar-refractivity contribution in [3.05, 3.63) is 24.3 Å². The van der Waals surface area contributed by atoms with Gasteiger partial charge in [-0.25, -0.2) is 9.55 Å². The van der Waals surface area contributed by atoms with Crippen LogP contribution in [0.25, 0.3) is 0 Å². The van der Waals surface area contributed by atoms with Gasteiger partial charge in [-0.1, -0.05) is 11.8 Å². The number of hydrogen-bond donors (Lipinski definition) is 0. The smallest absolute Gasteiger partial charge is 0.191 e. The number of aryl methyl sites for hydroxylation is 1. The number of carbonyl (C=O) groups is 1. The van der Waals surface area contributed by atoms with Crippen molar-refractivity contribution < 1.29 is 9.36 Å². The Bertz CT molecular complexity index is 288. The van der Waals surface area contributed by atoms with Crippen molar-refractivity contribution in [3.8, 4) is 0 Å². The number of aromatic nitrogens is 2. The van der Waals surface area contributed by atoms with E-state index < -0.39 is 0 Å². The van der Waals surface area contributed by atoms with E-state index in [-0.39, 0.29) is 5.12 Å². The van der Waals surface area contributed by atoms with Crippen molar-refractivity contribution in [3.63, 3.8) is 0 Å². The van der Waals surface area contributed by atoms with Crippen LogP contribution in [-0.4, -0.2) is 10.1 Å². The van der Waals surface area contributed by atoms with Gasteiger partial charge in [0, 0.05) is 12.7 Å². The van der Waals surface area contributed by atoms with E-state index in [1.54, 1.807) is 13.1 Å². The first-order valence-corrected chi connectivity index (χ1v) is 4.60.